The van der Waals surface area contributed by atoms with E-state index in [0.29, 0.717) is 26.1 Å². The smallest absolute Gasteiger partial charge is 0.306 e. The van der Waals surface area contributed by atoms with Crippen LogP contribution in [0, 0.1) is 0 Å². The molecule has 0 saturated heterocycles. The molecule has 1 unspecified atom stereocenters. The molecule has 5 nitrogen and oxygen atoms in total. The minimum Gasteiger partial charge on any atom is -0.462 e. The molecule has 0 aliphatic heterocycles. The van der Waals surface area contributed by atoms with Gasteiger partial charge in [-0.3, -0.25) is 9.59 Å². The molecule has 0 bridgehead atoms. The van der Waals surface area contributed by atoms with Gasteiger partial charge in [0, 0.05) is 19.4 Å². The van der Waals surface area contributed by atoms with Crippen molar-refractivity contribution in [3.63, 3.8) is 0 Å². The van der Waals surface area contributed by atoms with E-state index in [0.717, 1.165) is 38.5 Å². The van der Waals surface area contributed by atoms with Crippen molar-refractivity contribution >= 4 is 11.9 Å². The maximum Gasteiger partial charge on any atom is 0.306 e. The zero-order chi connectivity index (χ0) is 35.0. The topological polar surface area (TPSA) is 61.8 Å². The minimum absolute atomic E-state index is 0.0950. The second-order valence-electron chi connectivity index (χ2n) is 14.6. The van der Waals surface area contributed by atoms with Gasteiger partial charge in [-0.15, -0.1) is 0 Å². The van der Waals surface area contributed by atoms with Crippen LogP contribution in [-0.4, -0.2) is 37.9 Å². The summed E-state index contributed by atoms with van der Waals surface area (Å²) in [5.41, 5.74) is 0. The lowest BCUT2D eigenvalue weighted by atomic mass is 10.0. The number of rotatable bonds is 40. The SMILES string of the molecule is CCCCCCCCCCCCCCCCCCCC(=O)OCC(COCCCCCCCC)OC(=O)CCCCCCCCCCC. The van der Waals surface area contributed by atoms with Gasteiger partial charge in [0.2, 0.25) is 0 Å². The zero-order valence-electron chi connectivity index (χ0n) is 32.8. The fourth-order valence-electron chi connectivity index (χ4n) is 6.39. The third-order valence-electron chi connectivity index (χ3n) is 9.64. The number of hydrogen-bond donors (Lipinski definition) is 0. The van der Waals surface area contributed by atoms with Crippen LogP contribution < -0.4 is 0 Å². The Hall–Kier alpha value is -1.10. The number of carbonyl (C=O) groups is 2. The summed E-state index contributed by atoms with van der Waals surface area (Å²) in [4.78, 5) is 25.0. The lowest BCUT2D eigenvalue weighted by molar-refractivity contribution is -0.163. The third kappa shape index (κ3) is 37.7. The van der Waals surface area contributed by atoms with Gasteiger partial charge in [-0.05, 0) is 19.3 Å². The number of ether oxygens (including phenoxy) is 3. The van der Waals surface area contributed by atoms with Gasteiger partial charge in [0.05, 0.1) is 6.61 Å². The molecular formula is C43H84O5. The molecule has 0 aliphatic carbocycles. The summed E-state index contributed by atoms with van der Waals surface area (Å²) in [6, 6.07) is 0. The first-order chi connectivity index (χ1) is 23.6. The molecule has 0 fully saturated rings. The van der Waals surface area contributed by atoms with E-state index < -0.39 is 6.10 Å². The van der Waals surface area contributed by atoms with Crippen LogP contribution in [0.15, 0.2) is 0 Å². The Morgan fingerprint density at radius 2 is 0.688 bits per heavy atom. The van der Waals surface area contributed by atoms with Crippen molar-refractivity contribution in [2.75, 3.05) is 19.8 Å². The van der Waals surface area contributed by atoms with Gasteiger partial charge in [-0.25, -0.2) is 0 Å². The van der Waals surface area contributed by atoms with Crippen LogP contribution in [0.25, 0.3) is 0 Å². The number of esters is 2. The minimum atomic E-state index is -0.518. The molecule has 1 atom stereocenters. The molecule has 0 N–H and O–H groups in total. The zero-order valence-corrected chi connectivity index (χ0v) is 32.8. The monoisotopic (exact) mass is 681 g/mol. The maximum atomic E-state index is 12.6. The molecule has 0 spiro atoms. The molecule has 48 heavy (non-hydrogen) atoms. The molecule has 0 amide bonds. The van der Waals surface area contributed by atoms with Crippen LogP contribution in [0.1, 0.15) is 239 Å². The predicted octanol–water partition coefficient (Wildman–Crippen LogP) is 13.8. The molecule has 0 radical (unpaired) electrons. The molecule has 0 rings (SSSR count). The molecule has 0 aromatic rings. The van der Waals surface area contributed by atoms with Crippen molar-refractivity contribution in [3.8, 4) is 0 Å². The van der Waals surface area contributed by atoms with E-state index >= 15 is 0 Å². The summed E-state index contributed by atoms with van der Waals surface area (Å²) in [6.45, 7) is 7.81. The van der Waals surface area contributed by atoms with Crippen molar-refractivity contribution < 1.29 is 23.8 Å². The third-order valence-corrected chi connectivity index (χ3v) is 9.64. The molecule has 5 heteroatoms. The normalized spacial score (nSPS) is 12.0. The Kier molecular flexibility index (Phi) is 39.4. The summed E-state index contributed by atoms with van der Waals surface area (Å²) in [7, 11) is 0. The summed E-state index contributed by atoms with van der Waals surface area (Å²) >= 11 is 0. The van der Waals surface area contributed by atoms with E-state index in [1.165, 1.54) is 167 Å². The summed E-state index contributed by atoms with van der Waals surface area (Å²) < 4.78 is 17.2. The molecule has 0 aromatic heterocycles. The van der Waals surface area contributed by atoms with E-state index in [1.54, 1.807) is 0 Å². The molecule has 0 aliphatic rings. The van der Waals surface area contributed by atoms with Crippen LogP contribution in [0.3, 0.4) is 0 Å². The largest absolute Gasteiger partial charge is 0.462 e. The standard InChI is InChI=1S/C43H84O5/c1-4-7-10-13-16-18-19-20-21-22-23-24-25-27-28-30-33-36-42(44)47-40-41(39-46-38-35-32-15-12-9-6-3)48-43(45)37-34-31-29-26-17-14-11-8-5-2/h41H,4-40H2,1-3H3. The van der Waals surface area contributed by atoms with Crippen LogP contribution in [0.2, 0.25) is 0 Å². The summed E-state index contributed by atoms with van der Waals surface area (Å²) in [5.74, 6) is -0.387. The second-order valence-corrected chi connectivity index (χ2v) is 14.6. The average Bonchev–Trinajstić information content (AvgIpc) is 3.08. The van der Waals surface area contributed by atoms with Crippen molar-refractivity contribution in [1.29, 1.82) is 0 Å². The highest BCUT2D eigenvalue weighted by Crippen LogP contribution is 2.15. The Morgan fingerprint density at radius 1 is 0.375 bits per heavy atom. The van der Waals surface area contributed by atoms with E-state index in [-0.39, 0.29) is 18.5 Å². The van der Waals surface area contributed by atoms with Crippen molar-refractivity contribution in [3.05, 3.63) is 0 Å². The quantitative estimate of drug-likeness (QED) is 0.0476. The average molecular weight is 681 g/mol. The van der Waals surface area contributed by atoms with E-state index in [2.05, 4.69) is 20.8 Å². The lowest BCUT2D eigenvalue weighted by Gasteiger charge is -2.18. The highest BCUT2D eigenvalue weighted by molar-refractivity contribution is 5.70. The van der Waals surface area contributed by atoms with Gasteiger partial charge in [-0.1, -0.05) is 207 Å². The van der Waals surface area contributed by atoms with Crippen LogP contribution >= 0.6 is 0 Å². The predicted molar refractivity (Wildman–Crippen MR) is 206 cm³/mol. The number of carbonyl (C=O) groups excluding carboxylic acids is 2. The van der Waals surface area contributed by atoms with Crippen molar-refractivity contribution in [2.24, 2.45) is 0 Å². The Morgan fingerprint density at radius 3 is 1.06 bits per heavy atom. The molecule has 0 aromatic carbocycles. The fraction of sp³-hybridized carbons (Fsp3) is 0.953. The van der Waals surface area contributed by atoms with Gasteiger partial charge >= 0.3 is 11.9 Å². The number of hydrogen-bond acceptors (Lipinski definition) is 5. The van der Waals surface area contributed by atoms with Gasteiger partial charge < -0.3 is 14.2 Å². The van der Waals surface area contributed by atoms with Gasteiger partial charge in [0.25, 0.3) is 0 Å². The first-order valence-electron chi connectivity index (χ1n) is 21.6. The number of unbranched alkanes of at least 4 members (excludes halogenated alkanes) is 29. The van der Waals surface area contributed by atoms with Gasteiger partial charge in [0.15, 0.2) is 6.10 Å². The van der Waals surface area contributed by atoms with Gasteiger partial charge in [-0.2, -0.15) is 0 Å². The molecule has 0 heterocycles. The first-order valence-corrected chi connectivity index (χ1v) is 21.6. The highest BCUT2D eigenvalue weighted by Gasteiger charge is 2.17. The summed E-state index contributed by atoms with van der Waals surface area (Å²) in [6.07, 6.45) is 41.1. The van der Waals surface area contributed by atoms with E-state index in [4.69, 9.17) is 14.2 Å². The van der Waals surface area contributed by atoms with Crippen molar-refractivity contribution in [2.45, 2.75) is 245 Å². The second kappa shape index (κ2) is 40.3. The Bertz CT molecular complexity index is 651. The van der Waals surface area contributed by atoms with Crippen molar-refractivity contribution in [1.82, 2.24) is 0 Å². The highest BCUT2D eigenvalue weighted by atomic mass is 16.6. The van der Waals surface area contributed by atoms with Gasteiger partial charge in [0.1, 0.15) is 6.61 Å². The van der Waals surface area contributed by atoms with E-state index in [1.807, 2.05) is 0 Å². The Balaban J connectivity index is 4.01. The Labute approximate surface area is 300 Å². The molecular weight excluding hydrogens is 596 g/mol. The van der Waals surface area contributed by atoms with Crippen LogP contribution in [0.5, 0.6) is 0 Å². The van der Waals surface area contributed by atoms with Crippen LogP contribution in [0.4, 0.5) is 0 Å². The summed E-state index contributed by atoms with van der Waals surface area (Å²) in [5, 5.41) is 0. The first kappa shape index (κ1) is 46.9. The van der Waals surface area contributed by atoms with E-state index in [9.17, 15) is 9.59 Å². The molecule has 0 saturated carbocycles. The lowest BCUT2D eigenvalue weighted by Crippen LogP contribution is -2.30. The van der Waals surface area contributed by atoms with Crippen LogP contribution in [-0.2, 0) is 23.8 Å². The molecule has 286 valence electrons. The fourth-order valence-corrected chi connectivity index (χ4v) is 6.39. The maximum absolute atomic E-state index is 12.6.